The highest BCUT2D eigenvalue weighted by Gasteiger charge is 2.16. The number of nitrogens with zero attached hydrogens (tertiary/aromatic N) is 2. The largest absolute Gasteiger partial charge is 0.478 e. The highest BCUT2D eigenvalue weighted by atomic mass is 19.1. The third kappa shape index (κ3) is 4.09. The van der Waals surface area contributed by atoms with Crippen LogP contribution in [0.1, 0.15) is 23.7 Å². The molecule has 1 aromatic carbocycles. The average molecular weight is 283 g/mol. The normalized spacial score (nSPS) is 10.8. The monoisotopic (exact) mass is 283 g/mol. The minimum absolute atomic E-state index is 0.288. The van der Waals surface area contributed by atoms with Gasteiger partial charge in [-0.2, -0.15) is 0 Å². The Morgan fingerprint density at radius 2 is 2.00 bits per heavy atom. The van der Waals surface area contributed by atoms with Crippen LogP contribution in [0.3, 0.4) is 0 Å². The zero-order chi connectivity index (χ0) is 15.3. The molecule has 0 radical (unpaired) electrons. The first-order valence-corrected chi connectivity index (χ1v) is 6.58. The molecule has 0 aliphatic heterocycles. The predicted octanol–water partition coefficient (Wildman–Crippen LogP) is 1.88. The molecule has 0 bridgehead atoms. The fourth-order valence-electron chi connectivity index (χ4n) is 2.04. The van der Waals surface area contributed by atoms with E-state index < -0.39 is 17.3 Å². The zero-order valence-corrected chi connectivity index (χ0v) is 12.2. The molecule has 1 aromatic rings. The summed E-state index contributed by atoms with van der Waals surface area (Å²) in [5.74, 6) is -2.07. The number of carbonyl (C=O) groups is 1. The fraction of sp³-hybridized carbons (Fsp3) is 0.500. The lowest BCUT2D eigenvalue weighted by Crippen LogP contribution is -2.28. The van der Waals surface area contributed by atoms with Gasteiger partial charge in [-0.05, 0) is 40.1 Å². The minimum Gasteiger partial charge on any atom is -0.478 e. The van der Waals surface area contributed by atoms with E-state index in [0.29, 0.717) is 12.2 Å². The van der Waals surface area contributed by atoms with Gasteiger partial charge in [0.15, 0.2) is 0 Å². The zero-order valence-electron chi connectivity index (χ0n) is 12.2. The molecule has 6 heteroatoms. The molecule has 112 valence electrons. The van der Waals surface area contributed by atoms with Crippen molar-refractivity contribution in [2.75, 3.05) is 44.4 Å². The molecule has 0 aliphatic rings. The fourth-order valence-corrected chi connectivity index (χ4v) is 2.04. The summed E-state index contributed by atoms with van der Waals surface area (Å²) >= 11 is 0. The lowest BCUT2D eigenvalue weighted by atomic mass is 10.1. The number of aromatic carboxylic acids is 1. The number of anilines is 2. The van der Waals surface area contributed by atoms with Gasteiger partial charge in [0.05, 0.1) is 16.9 Å². The van der Waals surface area contributed by atoms with Gasteiger partial charge in [-0.1, -0.05) is 0 Å². The number of benzene rings is 1. The summed E-state index contributed by atoms with van der Waals surface area (Å²) in [5, 5.41) is 8.86. The van der Waals surface area contributed by atoms with Crippen molar-refractivity contribution in [2.45, 2.75) is 13.3 Å². The summed E-state index contributed by atoms with van der Waals surface area (Å²) in [7, 11) is 3.98. The van der Waals surface area contributed by atoms with E-state index >= 15 is 0 Å². The summed E-state index contributed by atoms with van der Waals surface area (Å²) < 4.78 is 13.8. The molecule has 20 heavy (non-hydrogen) atoms. The number of hydrogen-bond donors (Lipinski definition) is 2. The molecule has 0 saturated heterocycles. The van der Waals surface area contributed by atoms with Crippen LogP contribution >= 0.6 is 0 Å². The smallest absolute Gasteiger partial charge is 0.338 e. The van der Waals surface area contributed by atoms with E-state index in [1.165, 1.54) is 12.1 Å². The van der Waals surface area contributed by atoms with Gasteiger partial charge in [0.25, 0.3) is 0 Å². The van der Waals surface area contributed by atoms with Crippen LogP contribution in [0.2, 0.25) is 0 Å². The number of rotatable bonds is 7. The molecule has 0 aromatic heterocycles. The molecule has 0 atom stereocenters. The minimum atomic E-state index is -1.31. The van der Waals surface area contributed by atoms with Crippen molar-refractivity contribution >= 4 is 17.3 Å². The van der Waals surface area contributed by atoms with Crippen LogP contribution < -0.4 is 10.6 Å². The quantitative estimate of drug-likeness (QED) is 0.748. The van der Waals surface area contributed by atoms with Crippen molar-refractivity contribution < 1.29 is 14.3 Å². The van der Waals surface area contributed by atoms with E-state index in [9.17, 15) is 9.18 Å². The van der Waals surface area contributed by atoms with E-state index in [4.69, 9.17) is 10.8 Å². The van der Waals surface area contributed by atoms with Crippen LogP contribution in [0, 0.1) is 5.82 Å². The van der Waals surface area contributed by atoms with E-state index in [1.807, 2.05) is 25.9 Å². The van der Waals surface area contributed by atoms with Gasteiger partial charge in [0.2, 0.25) is 0 Å². The Labute approximate surface area is 118 Å². The Bertz CT molecular complexity index is 478. The summed E-state index contributed by atoms with van der Waals surface area (Å²) in [6, 6.07) is 2.39. The summed E-state index contributed by atoms with van der Waals surface area (Å²) in [6.45, 7) is 4.30. The molecule has 0 spiro atoms. The third-order valence-electron chi connectivity index (χ3n) is 3.10. The first-order chi connectivity index (χ1) is 9.36. The van der Waals surface area contributed by atoms with E-state index in [1.54, 1.807) is 0 Å². The Balaban J connectivity index is 2.92. The van der Waals surface area contributed by atoms with Crippen LogP contribution in [0.4, 0.5) is 15.8 Å². The highest BCUT2D eigenvalue weighted by molar-refractivity contribution is 5.90. The maximum atomic E-state index is 13.8. The van der Waals surface area contributed by atoms with E-state index in [-0.39, 0.29) is 5.69 Å². The first-order valence-electron chi connectivity index (χ1n) is 6.58. The number of nitrogens with two attached hydrogens (primary N) is 1. The molecule has 5 nitrogen and oxygen atoms in total. The van der Waals surface area contributed by atoms with Crippen molar-refractivity contribution in [1.29, 1.82) is 0 Å². The average Bonchev–Trinajstić information content (AvgIpc) is 2.36. The van der Waals surface area contributed by atoms with Crippen molar-refractivity contribution in [3.8, 4) is 0 Å². The van der Waals surface area contributed by atoms with Crippen LogP contribution in [0.15, 0.2) is 12.1 Å². The summed E-state index contributed by atoms with van der Waals surface area (Å²) in [4.78, 5) is 14.9. The van der Waals surface area contributed by atoms with Gasteiger partial charge in [-0.3, -0.25) is 0 Å². The lowest BCUT2D eigenvalue weighted by Gasteiger charge is -2.25. The highest BCUT2D eigenvalue weighted by Crippen LogP contribution is 2.27. The second-order valence-electron chi connectivity index (χ2n) is 4.93. The Morgan fingerprint density at radius 1 is 1.35 bits per heavy atom. The van der Waals surface area contributed by atoms with Crippen molar-refractivity contribution in [3.63, 3.8) is 0 Å². The van der Waals surface area contributed by atoms with Crippen molar-refractivity contribution in [2.24, 2.45) is 0 Å². The molecule has 3 N–H and O–H groups in total. The topological polar surface area (TPSA) is 69.8 Å². The van der Waals surface area contributed by atoms with Crippen LogP contribution in [0.5, 0.6) is 0 Å². The number of carboxylic acids is 1. The standard InChI is InChI=1S/C14H22FN3O2/c1-4-18(7-5-6-17(2)3)13-9-11(15)10(14(19)20)8-12(13)16/h8-9H,4-7,16H2,1-3H3,(H,19,20). The Kier molecular flexibility index (Phi) is 5.76. The van der Waals surface area contributed by atoms with E-state index in [0.717, 1.165) is 19.5 Å². The first kappa shape index (κ1) is 16.2. The summed E-state index contributed by atoms with van der Waals surface area (Å²) in [6.07, 6.45) is 0.919. The molecule has 0 heterocycles. The van der Waals surface area contributed by atoms with Crippen LogP contribution in [-0.2, 0) is 0 Å². The second kappa shape index (κ2) is 7.09. The maximum Gasteiger partial charge on any atom is 0.338 e. The molecular weight excluding hydrogens is 261 g/mol. The van der Waals surface area contributed by atoms with Crippen molar-refractivity contribution in [1.82, 2.24) is 4.90 Å². The second-order valence-corrected chi connectivity index (χ2v) is 4.93. The van der Waals surface area contributed by atoms with Crippen LogP contribution in [-0.4, -0.2) is 49.7 Å². The van der Waals surface area contributed by atoms with Crippen LogP contribution in [0.25, 0.3) is 0 Å². The Hall–Kier alpha value is -1.82. The predicted molar refractivity (Wildman–Crippen MR) is 78.8 cm³/mol. The Morgan fingerprint density at radius 3 is 2.50 bits per heavy atom. The number of carboxylic acid groups (broad SMARTS) is 1. The molecule has 0 unspecified atom stereocenters. The van der Waals surface area contributed by atoms with Gasteiger partial charge in [-0.15, -0.1) is 0 Å². The molecule has 0 aliphatic carbocycles. The van der Waals surface area contributed by atoms with E-state index in [2.05, 4.69) is 4.90 Å². The third-order valence-corrected chi connectivity index (χ3v) is 3.10. The summed E-state index contributed by atoms with van der Waals surface area (Å²) in [5.41, 5.74) is 6.30. The van der Waals surface area contributed by atoms with Gasteiger partial charge < -0.3 is 20.6 Å². The molecular formula is C14H22FN3O2. The maximum absolute atomic E-state index is 13.8. The number of nitrogen functional groups attached to an aromatic ring is 1. The van der Waals surface area contributed by atoms with Gasteiger partial charge in [0.1, 0.15) is 5.82 Å². The molecule has 0 saturated carbocycles. The van der Waals surface area contributed by atoms with Gasteiger partial charge in [0, 0.05) is 19.2 Å². The van der Waals surface area contributed by atoms with Gasteiger partial charge in [-0.25, -0.2) is 9.18 Å². The number of hydrogen-bond acceptors (Lipinski definition) is 4. The lowest BCUT2D eigenvalue weighted by molar-refractivity contribution is 0.0692. The number of halogens is 1. The molecule has 0 amide bonds. The SMILES string of the molecule is CCN(CCCN(C)C)c1cc(F)c(C(=O)O)cc1N. The van der Waals surface area contributed by atoms with Gasteiger partial charge >= 0.3 is 5.97 Å². The van der Waals surface area contributed by atoms with Crippen molar-refractivity contribution in [3.05, 3.63) is 23.5 Å². The molecule has 1 rings (SSSR count). The molecule has 0 fully saturated rings.